The van der Waals surface area contributed by atoms with Crippen LogP contribution in [0.25, 0.3) is 11.1 Å². The van der Waals surface area contributed by atoms with Crippen LogP contribution in [0.15, 0.2) is 10.6 Å². The van der Waals surface area contributed by atoms with E-state index in [-0.39, 0.29) is 18.6 Å². The number of aromatic nitrogens is 2. The Balaban J connectivity index is 1.73. The van der Waals surface area contributed by atoms with Crippen LogP contribution in [-0.4, -0.2) is 48.4 Å². The van der Waals surface area contributed by atoms with Crippen molar-refractivity contribution in [3.63, 3.8) is 0 Å². The number of nitrogens with one attached hydrogen (secondary N) is 1. The van der Waals surface area contributed by atoms with Crippen molar-refractivity contribution in [1.82, 2.24) is 15.5 Å². The first-order chi connectivity index (χ1) is 12.0. The Morgan fingerprint density at radius 1 is 1.44 bits per heavy atom. The molecule has 0 unspecified atom stereocenters. The van der Waals surface area contributed by atoms with Gasteiger partial charge in [-0.2, -0.15) is 0 Å². The van der Waals surface area contributed by atoms with Gasteiger partial charge < -0.3 is 19.3 Å². The predicted octanol–water partition coefficient (Wildman–Crippen LogP) is 1.72. The summed E-state index contributed by atoms with van der Waals surface area (Å²) in [4.78, 5) is 28.8. The summed E-state index contributed by atoms with van der Waals surface area (Å²) in [6.07, 6.45) is 2.08. The van der Waals surface area contributed by atoms with Crippen molar-refractivity contribution in [1.29, 1.82) is 0 Å². The topological polar surface area (TPSA) is 104 Å². The molecule has 0 aromatic carbocycles. The Morgan fingerprint density at radius 3 is 2.88 bits per heavy atom. The highest BCUT2D eigenvalue weighted by molar-refractivity contribution is 6.03. The van der Waals surface area contributed by atoms with Gasteiger partial charge in [0.2, 0.25) is 0 Å². The standard InChI is InChI=1S/C17H21N3O5/c1-9(7-23-3)18-14(21)8-24-17(22)12-6-13(11-4-5-11)19-16-15(12)10(2)20-25-16/h6,9,11H,4-5,7-8H2,1-3H3,(H,18,21)/t9-/m0/s1. The molecule has 1 amide bonds. The number of methoxy groups -OCH3 is 1. The number of ether oxygens (including phenoxy) is 2. The van der Waals surface area contributed by atoms with Gasteiger partial charge in [0.05, 0.1) is 23.3 Å². The summed E-state index contributed by atoms with van der Waals surface area (Å²) in [7, 11) is 1.55. The van der Waals surface area contributed by atoms with E-state index in [1.807, 2.05) is 0 Å². The first-order valence-corrected chi connectivity index (χ1v) is 8.22. The number of hydrogen-bond donors (Lipinski definition) is 1. The van der Waals surface area contributed by atoms with Gasteiger partial charge in [-0.1, -0.05) is 5.16 Å². The summed E-state index contributed by atoms with van der Waals surface area (Å²) < 4.78 is 15.3. The molecule has 1 aliphatic carbocycles. The number of amides is 1. The van der Waals surface area contributed by atoms with Crippen molar-refractivity contribution >= 4 is 23.0 Å². The number of rotatable bonds is 7. The van der Waals surface area contributed by atoms with Gasteiger partial charge in [-0.25, -0.2) is 9.78 Å². The molecule has 8 nitrogen and oxygen atoms in total. The van der Waals surface area contributed by atoms with Gasteiger partial charge in [0, 0.05) is 24.8 Å². The number of carbonyl (C=O) groups excluding carboxylic acids is 2. The Hall–Kier alpha value is -2.48. The van der Waals surface area contributed by atoms with Gasteiger partial charge in [-0.05, 0) is 32.8 Å². The fourth-order valence-electron chi connectivity index (χ4n) is 2.68. The number of hydrogen-bond acceptors (Lipinski definition) is 7. The van der Waals surface area contributed by atoms with Gasteiger partial charge in [-0.3, -0.25) is 4.79 Å². The Kier molecular flexibility index (Phi) is 4.98. The quantitative estimate of drug-likeness (QED) is 0.760. The SMILES string of the molecule is COC[C@H](C)NC(=O)COC(=O)c1cc(C2CC2)nc2onc(C)c12. The number of nitrogens with zero attached hydrogens (tertiary/aromatic N) is 2. The highest BCUT2D eigenvalue weighted by Crippen LogP contribution is 2.40. The minimum Gasteiger partial charge on any atom is -0.452 e. The van der Waals surface area contributed by atoms with Crippen molar-refractivity contribution < 1.29 is 23.6 Å². The average Bonchev–Trinajstić information content (AvgIpc) is 3.36. The second kappa shape index (κ2) is 7.18. The molecule has 2 heterocycles. The molecule has 0 bridgehead atoms. The van der Waals surface area contributed by atoms with E-state index in [2.05, 4.69) is 15.5 Å². The van der Waals surface area contributed by atoms with Crippen LogP contribution in [0.4, 0.5) is 0 Å². The molecule has 0 spiro atoms. The van der Waals surface area contributed by atoms with Crippen LogP contribution < -0.4 is 5.32 Å². The number of pyridine rings is 1. The Labute approximate surface area is 144 Å². The summed E-state index contributed by atoms with van der Waals surface area (Å²) in [5.41, 5.74) is 2.03. The predicted molar refractivity (Wildman–Crippen MR) is 88.3 cm³/mol. The minimum atomic E-state index is -0.588. The van der Waals surface area contributed by atoms with Crippen molar-refractivity contribution in [2.75, 3.05) is 20.3 Å². The third-order valence-corrected chi connectivity index (χ3v) is 4.01. The van der Waals surface area contributed by atoms with E-state index < -0.39 is 5.97 Å². The Bertz CT molecular complexity index is 797. The highest BCUT2D eigenvalue weighted by Gasteiger charge is 2.29. The molecule has 1 N–H and O–H groups in total. The molecular weight excluding hydrogens is 326 g/mol. The maximum Gasteiger partial charge on any atom is 0.339 e. The first-order valence-electron chi connectivity index (χ1n) is 8.22. The second-order valence-electron chi connectivity index (χ2n) is 6.32. The van der Waals surface area contributed by atoms with E-state index in [0.717, 1.165) is 18.5 Å². The molecule has 134 valence electrons. The fraction of sp³-hybridized carbons (Fsp3) is 0.529. The summed E-state index contributed by atoms with van der Waals surface area (Å²) in [5, 5.41) is 7.09. The van der Waals surface area contributed by atoms with E-state index >= 15 is 0 Å². The van der Waals surface area contributed by atoms with Crippen LogP contribution in [0.3, 0.4) is 0 Å². The number of fused-ring (bicyclic) bond motifs is 1. The van der Waals surface area contributed by atoms with Crippen LogP contribution >= 0.6 is 0 Å². The molecule has 0 aliphatic heterocycles. The second-order valence-corrected chi connectivity index (χ2v) is 6.32. The molecule has 1 aliphatic rings. The zero-order chi connectivity index (χ0) is 18.0. The van der Waals surface area contributed by atoms with E-state index in [1.54, 1.807) is 27.0 Å². The number of aryl methyl sites for hydroxylation is 1. The smallest absolute Gasteiger partial charge is 0.339 e. The largest absolute Gasteiger partial charge is 0.452 e. The maximum atomic E-state index is 12.5. The monoisotopic (exact) mass is 347 g/mol. The van der Waals surface area contributed by atoms with Crippen LogP contribution in [0.5, 0.6) is 0 Å². The maximum absolute atomic E-state index is 12.5. The first kappa shape index (κ1) is 17.3. The summed E-state index contributed by atoms with van der Waals surface area (Å²) in [6, 6.07) is 1.56. The van der Waals surface area contributed by atoms with Crippen LogP contribution in [0.1, 0.15) is 47.4 Å². The van der Waals surface area contributed by atoms with E-state index in [9.17, 15) is 9.59 Å². The highest BCUT2D eigenvalue weighted by atomic mass is 16.5. The molecule has 8 heteroatoms. The number of carbonyl (C=O) groups is 2. The lowest BCUT2D eigenvalue weighted by atomic mass is 10.1. The third-order valence-electron chi connectivity index (χ3n) is 4.01. The molecule has 0 radical (unpaired) electrons. The molecule has 2 aromatic heterocycles. The zero-order valence-corrected chi connectivity index (χ0v) is 14.5. The van der Waals surface area contributed by atoms with Crippen LogP contribution in [-0.2, 0) is 14.3 Å². The van der Waals surface area contributed by atoms with Crippen molar-refractivity contribution in [2.45, 2.75) is 38.6 Å². The van der Waals surface area contributed by atoms with Gasteiger partial charge in [0.15, 0.2) is 6.61 Å². The fourth-order valence-corrected chi connectivity index (χ4v) is 2.68. The van der Waals surface area contributed by atoms with Crippen molar-refractivity contribution in [3.05, 3.63) is 23.0 Å². The van der Waals surface area contributed by atoms with Gasteiger partial charge in [0.25, 0.3) is 11.6 Å². The Morgan fingerprint density at radius 2 is 2.20 bits per heavy atom. The molecule has 1 fully saturated rings. The molecule has 1 atom stereocenters. The van der Waals surface area contributed by atoms with Crippen LogP contribution in [0, 0.1) is 6.92 Å². The van der Waals surface area contributed by atoms with Crippen LogP contribution in [0.2, 0.25) is 0 Å². The van der Waals surface area contributed by atoms with E-state index in [1.165, 1.54) is 0 Å². The lowest BCUT2D eigenvalue weighted by Crippen LogP contribution is -2.38. The molecule has 25 heavy (non-hydrogen) atoms. The number of esters is 1. The van der Waals surface area contributed by atoms with Gasteiger partial charge in [-0.15, -0.1) is 0 Å². The molecule has 3 rings (SSSR count). The molecular formula is C17H21N3O5. The van der Waals surface area contributed by atoms with Gasteiger partial charge in [0.1, 0.15) is 0 Å². The van der Waals surface area contributed by atoms with Crippen molar-refractivity contribution in [3.8, 4) is 0 Å². The lowest BCUT2D eigenvalue weighted by molar-refractivity contribution is -0.125. The normalized spacial score (nSPS) is 15.2. The lowest BCUT2D eigenvalue weighted by Gasteiger charge is -2.13. The minimum absolute atomic E-state index is 0.161. The molecule has 1 saturated carbocycles. The van der Waals surface area contributed by atoms with E-state index in [4.69, 9.17) is 14.0 Å². The molecule has 0 saturated heterocycles. The summed E-state index contributed by atoms with van der Waals surface area (Å²) >= 11 is 0. The van der Waals surface area contributed by atoms with Gasteiger partial charge >= 0.3 is 5.97 Å². The summed E-state index contributed by atoms with van der Waals surface area (Å²) in [6.45, 7) is 3.56. The third kappa shape index (κ3) is 3.96. The molecule has 2 aromatic rings. The zero-order valence-electron chi connectivity index (χ0n) is 14.5. The summed E-state index contributed by atoms with van der Waals surface area (Å²) in [5.74, 6) is -0.623. The van der Waals surface area contributed by atoms with Crippen molar-refractivity contribution in [2.24, 2.45) is 0 Å². The average molecular weight is 347 g/mol. The van der Waals surface area contributed by atoms with E-state index in [0.29, 0.717) is 34.9 Å².